The van der Waals surface area contributed by atoms with E-state index in [1.165, 1.54) is 11.1 Å². The van der Waals surface area contributed by atoms with E-state index in [4.69, 9.17) is 10.5 Å². The Morgan fingerprint density at radius 1 is 1.00 bits per heavy atom. The third-order valence-electron chi connectivity index (χ3n) is 5.16. The van der Waals surface area contributed by atoms with Crippen LogP contribution in [-0.4, -0.2) is 56.8 Å². The molecular weight excluding hydrogens is 348 g/mol. The predicted molar refractivity (Wildman–Crippen MR) is 116 cm³/mol. The van der Waals surface area contributed by atoms with Gasteiger partial charge in [-0.2, -0.15) is 0 Å². The minimum absolute atomic E-state index is 0.351. The summed E-state index contributed by atoms with van der Waals surface area (Å²) in [5.74, 6) is 0.894. The van der Waals surface area contributed by atoms with Gasteiger partial charge >= 0.3 is 0 Å². The first-order valence-electron chi connectivity index (χ1n) is 10.3. The Morgan fingerprint density at radius 3 is 2.21 bits per heavy atom. The molecule has 0 bridgehead atoms. The lowest BCUT2D eigenvalue weighted by atomic mass is 9.88. The first-order valence-corrected chi connectivity index (χ1v) is 10.3. The van der Waals surface area contributed by atoms with Crippen LogP contribution in [0.25, 0.3) is 0 Å². The van der Waals surface area contributed by atoms with E-state index in [-0.39, 0.29) is 0 Å². The van der Waals surface area contributed by atoms with Crippen molar-refractivity contribution in [3.05, 3.63) is 71.8 Å². The van der Waals surface area contributed by atoms with Gasteiger partial charge in [-0.3, -0.25) is 9.89 Å². The smallest absolute Gasteiger partial charge is 0.188 e. The number of nitrogens with zero attached hydrogens (tertiary/aromatic N) is 2. The standard InChI is InChI=1S/C23H32N4O/c24-23(25-13-7-15-27-16-18-28-19-17-27)26-14-12-22(20-8-3-1-4-9-20)21-10-5-2-6-11-21/h1-6,8-11,22H,7,12-19H2,(H3,24,25,26). The molecule has 5 nitrogen and oxygen atoms in total. The van der Waals surface area contributed by atoms with Crippen LogP contribution in [0.4, 0.5) is 0 Å². The first kappa shape index (κ1) is 20.4. The average molecular weight is 381 g/mol. The summed E-state index contributed by atoms with van der Waals surface area (Å²) < 4.78 is 5.37. The van der Waals surface area contributed by atoms with Gasteiger partial charge in [0, 0.05) is 38.6 Å². The summed E-state index contributed by atoms with van der Waals surface area (Å²) in [5, 5.41) is 3.29. The summed E-state index contributed by atoms with van der Waals surface area (Å²) in [6, 6.07) is 21.3. The third-order valence-corrected chi connectivity index (χ3v) is 5.16. The summed E-state index contributed by atoms with van der Waals surface area (Å²) in [6.07, 6.45) is 2.00. The lowest BCUT2D eigenvalue weighted by molar-refractivity contribution is 0.0377. The molecule has 2 aromatic carbocycles. The van der Waals surface area contributed by atoms with Gasteiger partial charge in [-0.1, -0.05) is 60.7 Å². The maximum atomic E-state index is 6.06. The highest BCUT2D eigenvalue weighted by Gasteiger charge is 2.13. The lowest BCUT2D eigenvalue weighted by Gasteiger charge is -2.26. The predicted octanol–water partition coefficient (Wildman–Crippen LogP) is 2.84. The number of rotatable bonds is 9. The van der Waals surface area contributed by atoms with Crippen LogP contribution in [0.3, 0.4) is 0 Å². The highest BCUT2D eigenvalue weighted by atomic mass is 16.5. The molecule has 0 aromatic heterocycles. The number of nitrogens with two attached hydrogens (primary N) is 1. The molecule has 5 heteroatoms. The Morgan fingerprint density at radius 2 is 1.61 bits per heavy atom. The fraction of sp³-hybridized carbons (Fsp3) is 0.435. The molecule has 1 fully saturated rings. The Bertz CT molecular complexity index is 660. The average Bonchev–Trinajstić information content (AvgIpc) is 2.76. The largest absolute Gasteiger partial charge is 0.379 e. The van der Waals surface area contributed by atoms with Crippen LogP contribution in [0.5, 0.6) is 0 Å². The summed E-state index contributed by atoms with van der Waals surface area (Å²) >= 11 is 0. The van der Waals surface area contributed by atoms with Crippen molar-refractivity contribution in [2.45, 2.75) is 18.8 Å². The Kier molecular flexibility index (Phi) is 8.34. The molecule has 3 rings (SSSR count). The van der Waals surface area contributed by atoms with E-state index in [2.05, 4.69) is 75.9 Å². The lowest BCUT2D eigenvalue weighted by Crippen LogP contribution is -2.37. The third kappa shape index (κ3) is 6.66. The van der Waals surface area contributed by atoms with Crippen LogP contribution < -0.4 is 11.1 Å². The molecule has 1 aliphatic heterocycles. The van der Waals surface area contributed by atoms with Crippen LogP contribution in [0.15, 0.2) is 65.7 Å². The van der Waals surface area contributed by atoms with E-state index < -0.39 is 0 Å². The molecule has 0 unspecified atom stereocenters. The molecule has 1 saturated heterocycles. The van der Waals surface area contributed by atoms with Crippen molar-refractivity contribution >= 4 is 5.96 Å². The number of morpholine rings is 1. The minimum atomic E-state index is 0.351. The second-order valence-electron chi connectivity index (χ2n) is 7.16. The summed E-state index contributed by atoms with van der Waals surface area (Å²) in [7, 11) is 0. The van der Waals surface area contributed by atoms with Crippen LogP contribution in [0, 0.1) is 0 Å². The summed E-state index contributed by atoms with van der Waals surface area (Å²) in [4.78, 5) is 6.90. The Labute approximate surface area is 168 Å². The maximum absolute atomic E-state index is 6.06. The number of nitrogens with one attached hydrogen (secondary N) is 1. The number of hydrogen-bond donors (Lipinski definition) is 2. The van der Waals surface area contributed by atoms with E-state index in [0.717, 1.165) is 58.8 Å². The van der Waals surface area contributed by atoms with Gasteiger partial charge in [0.25, 0.3) is 0 Å². The molecule has 0 radical (unpaired) electrons. The molecule has 0 atom stereocenters. The van der Waals surface area contributed by atoms with Crippen LogP contribution in [0.2, 0.25) is 0 Å². The van der Waals surface area contributed by atoms with E-state index in [0.29, 0.717) is 11.9 Å². The van der Waals surface area contributed by atoms with Gasteiger partial charge in [-0.25, -0.2) is 0 Å². The molecule has 2 aromatic rings. The number of hydrogen-bond acceptors (Lipinski definition) is 3. The summed E-state index contributed by atoms with van der Waals surface area (Å²) in [6.45, 7) is 6.36. The van der Waals surface area contributed by atoms with Crippen LogP contribution >= 0.6 is 0 Å². The van der Waals surface area contributed by atoms with Crippen LogP contribution in [-0.2, 0) is 4.74 Å². The minimum Gasteiger partial charge on any atom is -0.379 e. The monoisotopic (exact) mass is 380 g/mol. The fourth-order valence-corrected chi connectivity index (χ4v) is 3.62. The molecule has 1 heterocycles. The number of aliphatic imine (C=N–C) groups is 1. The molecule has 0 saturated carbocycles. The van der Waals surface area contributed by atoms with Crippen molar-refractivity contribution in [1.29, 1.82) is 0 Å². The quantitative estimate of drug-likeness (QED) is 0.399. The summed E-state index contributed by atoms with van der Waals surface area (Å²) in [5.41, 5.74) is 8.72. The zero-order chi connectivity index (χ0) is 19.4. The van der Waals surface area contributed by atoms with Gasteiger partial charge in [0.2, 0.25) is 0 Å². The highest BCUT2D eigenvalue weighted by molar-refractivity contribution is 5.77. The Balaban J connectivity index is 1.44. The molecule has 0 aliphatic carbocycles. The zero-order valence-corrected chi connectivity index (χ0v) is 16.6. The second kappa shape index (κ2) is 11.5. The number of ether oxygens (including phenoxy) is 1. The van der Waals surface area contributed by atoms with Crippen molar-refractivity contribution in [2.75, 3.05) is 45.9 Å². The molecule has 3 N–H and O–H groups in total. The van der Waals surface area contributed by atoms with Crippen molar-refractivity contribution in [3.8, 4) is 0 Å². The molecule has 0 amide bonds. The maximum Gasteiger partial charge on any atom is 0.188 e. The van der Waals surface area contributed by atoms with E-state index in [9.17, 15) is 0 Å². The SMILES string of the molecule is NC(=NCCCN1CCOCC1)NCCC(c1ccccc1)c1ccccc1. The molecule has 150 valence electrons. The molecule has 0 spiro atoms. The normalized spacial score (nSPS) is 15.7. The number of benzene rings is 2. The van der Waals surface area contributed by atoms with Crippen molar-refractivity contribution in [3.63, 3.8) is 0 Å². The van der Waals surface area contributed by atoms with Crippen molar-refractivity contribution in [2.24, 2.45) is 10.7 Å². The van der Waals surface area contributed by atoms with Gasteiger partial charge in [0.15, 0.2) is 5.96 Å². The molecule has 28 heavy (non-hydrogen) atoms. The number of guanidine groups is 1. The van der Waals surface area contributed by atoms with Gasteiger partial charge in [-0.15, -0.1) is 0 Å². The molecule has 1 aliphatic rings. The van der Waals surface area contributed by atoms with E-state index in [1.807, 2.05) is 0 Å². The second-order valence-corrected chi connectivity index (χ2v) is 7.16. The molecular formula is C23H32N4O. The Hall–Kier alpha value is -2.37. The van der Waals surface area contributed by atoms with Gasteiger partial charge in [0.05, 0.1) is 13.2 Å². The van der Waals surface area contributed by atoms with E-state index in [1.54, 1.807) is 0 Å². The zero-order valence-electron chi connectivity index (χ0n) is 16.6. The van der Waals surface area contributed by atoms with Gasteiger partial charge in [0.1, 0.15) is 0 Å². The van der Waals surface area contributed by atoms with Crippen LogP contribution in [0.1, 0.15) is 29.9 Å². The highest BCUT2D eigenvalue weighted by Crippen LogP contribution is 2.27. The van der Waals surface area contributed by atoms with Crippen molar-refractivity contribution < 1.29 is 4.74 Å². The first-order chi connectivity index (χ1) is 13.8. The fourth-order valence-electron chi connectivity index (χ4n) is 3.62. The van der Waals surface area contributed by atoms with Crippen molar-refractivity contribution in [1.82, 2.24) is 10.2 Å². The van der Waals surface area contributed by atoms with E-state index >= 15 is 0 Å². The van der Waals surface area contributed by atoms with Gasteiger partial charge < -0.3 is 15.8 Å². The topological polar surface area (TPSA) is 62.9 Å². The van der Waals surface area contributed by atoms with Gasteiger partial charge in [-0.05, 0) is 24.0 Å².